The van der Waals surface area contributed by atoms with Gasteiger partial charge in [-0.15, -0.1) is 0 Å². The molecule has 0 saturated heterocycles. The van der Waals surface area contributed by atoms with E-state index in [0.717, 1.165) is 12.1 Å². The first kappa shape index (κ1) is 14.6. The zero-order valence-electron chi connectivity index (χ0n) is 10.5. The van der Waals surface area contributed by atoms with Crippen molar-refractivity contribution in [1.29, 1.82) is 0 Å². The molecule has 2 aromatic carbocycles. The minimum atomic E-state index is -4.04. The number of aryl methyl sites for hydroxylation is 1. The molecule has 0 bridgehead atoms. The number of rotatable bonds is 3. The molecular formula is C13H12ClFN2O2S. The maximum Gasteiger partial charge on any atom is 0.264 e. The lowest BCUT2D eigenvalue weighted by Crippen LogP contribution is -2.15. The molecule has 0 aromatic heterocycles. The molecule has 0 amide bonds. The van der Waals surface area contributed by atoms with Crippen LogP contribution in [-0.2, 0) is 10.0 Å². The van der Waals surface area contributed by atoms with Crippen molar-refractivity contribution in [2.24, 2.45) is 0 Å². The highest BCUT2D eigenvalue weighted by atomic mass is 35.5. The van der Waals surface area contributed by atoms with Crippen LogP contribution in [-0.4, -0.2) is 8.42 Å². The van der Waals surface area contributed by atoms with Gasteiger partial charge in [0.2, 0.25) is 0 Å². The molecule has 3 N–H and O–H groups in total. The van der Waals surface area contributed by atoms with Gasteiger partial charge < -0.3 is 5.73 Å². The van der Waals surface area contributed by atoms with E-state index >= 15 is 0 Å². The summed E-state index contributed by atoms with van der Waals surface area (Å²) in [5, 5.41) is 0.471. The Balaban J connectivity index is 2.40. The standard InChI is InChI=1S/C13H12ClFN2O2S/c1-8-6-11(15)13(7-12(8)16)20(18,19)17-10-4-2-9(14)3-5-10/h2-7,17H,16H2,1H3. The van der Waals surface area contributed by atoms with E-state index < -0.39 is 20.7 Å². The number of benzene rings is 2. The molecule has 0 atom stereocenters. The van der Waals surface area contributed by atoms with E-state index in [4.69, 9.17) is 17.3 Å². The van der Waals surface area contributed by atoms with Crippen LogP contribution in [0.2, 0.25) is 5.02 Å². The molecule has 7 heteroatoms. The highest BCUT2D eigenvalue weighted by Gasteiger charge is 2.20. The Morgan fingerprint density at radius 3 is 2.40 bits per heavy atom. The number of halogens is 2. The molecule has 0 heterocycles. The van der Waals surface area contributed by atoms with E-state index in [0.29, 0.717) is 10.6 Å². The van der Waals surface area contributed by atoms with Gasteiger partial charge in [-0.3, -0.25) is 4.72 Å². The lowest BCUT2D eigenvalue weighted by atomic mass is 10.2. The number of nitrogen functional groups attached to an aromatic ring is 1. The number of anilines is 2. The molecule has 2 aromatic rings. The molecule has 2 rings (SSSR count). The van der Waals surface area contributed by atoms with E-state index in [1.807, 2.05) is 0 Å². The summed E-state index contributed by atoms with van der Waals surface area (Å²) in [5.74, 6) is -0.849. The smallest absolute Gasteiger partial charge is 0.264 e. The summed E-state index contributed by atoms with van der Waals surface area (Å²) in [6.07, 6.45) is 0. The molecule has 0 radical (unpaired) electrons. The van der Waals surface area contributed by atoms with Gasteiger partial charge >= 0.3 is 0 Å². The number of sulfonamides is 1. The van der Waals surface area contributed by atoms with Crippen LogP contribution in [0.4, 0.5) is 15.8 Å². The van der Waals surface area contributed by atoms with Crippen molar-refractivity contribution < 1.29 is 12.8 Å². The van der Waals surface area contributed by atoms with Gasteiger partial charge in [0.25, 0.3) is 10.0 Å². The number of hydrogen-bond donors (Lipinski definition) is 2. The van der Waals surface area contributed by atoms with E-state index in [2.05, 4.69) is 4.72 Å². The first-order chi connectivity index (χ1) is 9.29. The Hall–Kier alpha value is -1.79. The maximum atomic E-state index is 13.8. The third-order valence-electron chi connectivity index (χ3n) is 2.71. The SMILES string of the molecule is Cc1cc(F)c(S(=O)(=O)Nc2ccc(Cl)cc2)cc1N. The molecule has 20 heavy (non-hydrogen) atoms. The van der Waals surface area contributed by atoms with Gasteiger partial charge in [-0.2, -0.15) is 0 Å². The Kier molecular flexibility index (Phi) is 3.87. The Morgan fingerprint density at radius 2 is 1.80 bits per heavy atom. The minimum absolute atomic E-state index is 0.211. The molecule has 0 unspecified atom stereocenters. The average Bonchev–Trinajstić information content (AvgIpc) is 2.36. The summed E-state index contributed by atoms with van der Waals surface area (Å²) in [4.78, 5) is -0.490. The van der Waals surface area contributed by atoms with Gasteiger partial charge in [-0.25, -0.2) is 12.8 Å². The van der Waals surface area contributed by atoms with Crippen molar-refractivity contribution in [1.82, 2.24) is 0 Å². The second kappa shape index (κ2) is 5.30. The monoisotopic (exact) mass is 314 g/mol. The Labute approximate surface area is 121 Å². The van der Waals surface area contributed by atoms with Crippen LogP contribution in [0, 0.1) is 12.7 Å². The summed E-state index contributed by atoms with van der Waals surface area (Å²) in [7, 11) is -4.04. The van der Waals surface area contributed by atoms with Crippen LogP contribution < -0.4 is 10.5 Å². The topological polar surface area (TPSA) is 72.2 Å². The zero-order valence-corrected chi connectivity index (χ0v) is 12.1. The first-order valence-corrected chi connectivity index (χ1v) is 7.50. The van der Waals surface area contributed by atoms with E-state index in [9.17, 15) is 12.8 Å². The summed E-state index contributed by atoms with van der Waals surface area (Å²) in [5.41, 5.74) is 6.60. The summed E-state index contributed by atoms with van der Waals surface area (Å²) in [6, 6.07) is 8.21. The molecule has 0 aliphatic carbocycles. The van der Waals surface area contributed by atoms with Crippen molar-refractivity contribution in [3.8, 4) is 0 Å². The van der Waals surface area contributed by atoms with Gasteiger partial charge in [0.15, 0.2) is 0 Å². The zero-order chi connectivity index (χ0) is 14.9. The first-order valence-electron chi connectivity index (χ1n) is 5.63. The van der Waals surface area contributed by atoms with Crippen molar-refractivity contribution in [3.63, 3.8) is 0 Å². The van der Waals surface area contributed by atoms with Crippen molar-refractivity contribution in [3.05, 3.63) is 52.8 Å². The minimum Gasteiger partial charge on any atom is -0.398 e. The third-order valence-corrected chi connectivity index (χ3v) is 4.35. The van der Waals surface area contributed by atoms with E-state index in [-0.39, 0.29) is 11.4 Å². The van der Waals surface area contributed by atoms with Gasteiger partial charge in [0.05, 0.1) is 0 Å². The van der Waals surface area contributed by atoms with Crippen LogP contribution >= 0.6 is 11.6 Å². The fourth-order valence-corrected chi connectivity index (χ4v) is 2.88. The lowest BCUT2D eigenvalue weighted by Gasteiger charge is -2.10. The molecule has 106 valence electrons. The van der Waals surface area contributed by atoms with E-state index in [1.165, 1.54) is 24.3 Å². The second-order valence-corrected chi connectivity index (χ2v) is 6.34. The normalized spacial score (nSPS) is 11.3. The maximum absolute atomic E-state index is 13.8. The summed E-state index contributed by atoms with van der Waals surface area (Å²) < 4.78 is 40.3. The predicted octanol–water partition coefficient (Wildman–Crippen LogP) is 3.17. The van der Waals surface area contributed by atoms with Crippen LogP contribution in [0.5, 0.6) is 0 Å². The molecule has 0 spiro atoms. The molecule has 0 aliphatic rings. The van der Waals surface area contributed by atoms with Crippen LogP contribution in [0.25, 0.3) is 0 Å². The fraction of sp³-hybridized carbons (Fsp3) is 0.0769. The van der Waals surface area contributed by atoms with Crippen LogP contribution in [0.15, 0.2) is 41.3 Å². The van der Waals surface area contributed by atoms with Gasteiger partial charge in [0, 0.05) is 16.4 Å². The summed E-state index contributed by atoms with van der Waals surface area (Å²) >= 11 is 5.71. The molecule has 0 fully saturated rings. The third kappa shape index (κ3) is 3.02. The molecular weight excluding hydrogens is 303 g/mol. The molecule has 0 saturated carbocycles. The predicted molar refractivity (Wildman–Crippen MR) is 77.8 cm³/mol. The number of nitrogens with two attached hydrogens (primary N) is 1. The average molecular weight is 315 g/mol. The fourth-order valence-electron chi connectivity index (χ4n) is 1.60. The highest BCUT2D eigenvalue weighted by molar-refractivity contribution is 7.92. The highest BCUT2D eigenvalue weighted by Crippen LogP contribution is 2.24. The van der Waals surface area contributed by atoms with Crippen molar-refractivity contribution >= 4 is 33.0 Å². The Morgan fingerprint density at radius 1 is 1.20 bits per heavy atom. The van der Waals surface area contributed by atoms with Gasteiger partial charge in [-0.1, -0.05) is 11.6 Å². The number of hydrogen-bond acceptors (Lipinski definition) is 3. The lowest BCUT2D eigenvalue weighted by molar-refractivity contribution is 0.570. The molecule has 0 aliphatic heterocycles. The Bertz CT molecular complexity index is 746. The van der Waals surface area contributed by atoms with Crippen molar-refractivity contribution in [2.75, 3.05) is 10.5 Å². The summed E-state index contributed by atoms with van der Waals surface area (Å²) in [6.45, 7) is 1.60. The van der Waals surface area contributed by atoms with Gasteiger partial charge in [0.1, 0.15) is 10.7 Å². The second-order valence-electron chi connectivity index (χ2n) is 4.25. The van der Waals surface area contributed by atoms with Gasteiger partial charge in [-0.05, 0) is 48.9 Å². The largest absolute Gasteiger partial charge is 0.398 e. The van der Waals surface area contributed by atoms with Crippen LogP contribution in [0.3, 0.4) is 0 Å². The van der Waals surface area contributed by atoms with Crippen LogP contribution in [0.1, 0.15) is 5.56 Å². The van der Waals surface area contributed by atoms with E-state index in [1.54, 1.807) is 6.92 Å². The van der Waals surface area contributed by atoms with Crippen molar-refractivity contribution in [2.45, 2.75) is 11.8 Å². The quantitative estimate of drug-likeness (QED) is 0.855. The molecule has 4 nitrogen and oxygen atoms in total. The number of nitrogens with one attached hydrogen (secondary N) is 1.